The minimum Gasteiger partial charge on any atom is -0.496 e. The van der Waals surface area contributed by atoms with E-state index in [1.165, 1.54) is 11.3 Å². The van der Waals surface area contributed by atoms with Gasteiger partial charge in [-0.15, -0.1) is 24.3 Å². The van der Waals surface area contributed by atoms with Gasteiger partial charge in [-0.3, -0.25) is 9.69 Å². The molecule has 0 aliphatic rings. The average molecular weight is 440 g/mol. The molecule has 7 nitrogen and oxygen atoms in total. The van der Waals surface area contributed by atoms with Crippen LogP contribution in [0, 0.1) is 12.3 Å². The standard InChI is InChI=1S/C23H25N3O4S/c1-4-10-26(12-16(27)14-30-11-5-2)13-20-24-22(28)21-18(15-31-23(21)25-20)17-8-6-7-9-19(17)29-3/h2,4,6-9,15-16,27H,1,10-14H2,3H3,(H,24,25,28). The Bertz CT molecular complexity index is 1130. The van der Waals surface area contributed by atoms with E-state index in [9.17, 15) is 9.90 Å². The van der Waals surface area contributed by atoms with Crippen molar-refractivity contribution in [2.24, 2.45) is 0 Å². The fourth-order valence-electron chi connectivity index (χ4n) is 3.34. The smallest absolute Gasteiger partial charge is 0.260 e. The van der Waals surface area contributed by atoms with Crippen LogP contribution >= 0.6 is 11.3 Å². The molecule has 8 heteroatoms. The molecule has 0 aliphatic carbocycles. The first-order chi connectivity index (χ1) is 15.1. The fraction of sp³-hybridized carbons (Fsp3) is 0.304. The maximum atomic E-state index is 12.9. The van der Waals surface area contributed by atoms with Crippen molar-refractivity contribution in [2.45, 2.75) is 12.6 Å². The second-order valence-electron chi connectivity index (χ2n) is 6.90. The van der Waals surface area contributed by atoms with Crippen LogP contribution in [0.2, 0.25) is 0 Å². The van der Waals surface area contributed by atoms with E-state index in [1.807, 2.05) is 34.5 Å². The Kier molecular flexibility index (Phi) is 7.98. The number of ether oxygens (including phenoxy) is 2. The number of H-pyrrole nitrogens is 1. The number of fused-ring (bicyclic) bond motifs is 1. The van der Waals surface area contributed by atoms with Crippen LogP contribution < -0.4 is 10.3 Å². The van der Waals surface area contributed by atoms with Crippen LogP contribution in [-0.2, 0) is 11.3 Å². The Morgan fingerprint density at radius 3 is 2.97 bits per heavy atom. The molecule has 0 amide bonds. The van der Waals surface area contributed by atoms with Gasteiger partial charge in [0.1, 0.15) is 23.0 Å². The molecule has 1 atom stereocenters. The number of methoxy groups -OCH3 is 1. The summed E-state index contributed by atoms with van der Waals surface area (Å²) in [5, 5.41) is 12.6. The number of aromatic amines is 1. The zero-order valence-corrected chi connectivity index (χ0v) is 18.2. The largest absolute Gasteiger partial charge is 0.496 e. The highest BCUT2D eigenvalue weighted by atomic mass is 32.1. The summed E-state index contributed by atoms with van der Waals surface area (Å²) < 4.78 is 10.6. The first kappa shape index (κ1) is 22.7. The third-order valence-corrected chi connectivity index (χ3v) is 5.49. The van der Waals surface area contributed by atoms with E-state index < -0.39 is 6.10 Å². The van der Waals surface area contributed by atoms with Crippen LogP contribution in [0.15, 0.2) is 47.1 Å². The highest BCUT2D eigenvalue weighted by Gasteiger charge is 2.17. The highest BCUT2D eigenvalue weighted by molar-refractivity contribution is 7.17. The number of rotatable bonds is 11. The predicted molar refractivity (Wildman–Crippen MR) is 123 cm³/mol. The Balaban J connectivity index is 1.84. The molecule has 0 radical (unpaired) electrons. The monoisotopic (exact) mass is 439 g/mol. The molecule has 0 fully saturated rings. The first-order valence-electron chi connectivity index (χ1n) is 9.73. The van der Waals surface area contributed by atoms with Crippen LogP contribution in [0.25, 0.3) is 21.3 Å². The van der Waals surface area contributed by atoms with E-state index in [0.717, 1.165) is 11.1 Å². The molecule has 0 spiro atoms. The summed E-state index contributed by atoms with van der Waals surface area (Å²) in [5.41, 5.74) is 1.43. The van der Waals surface area contributed by atoms with Gasteiger partial charge in [0.15, 0.2) is 0 Å². The summed E-state index contributed by atoms with van der Waals surface area (Å²) in [4.78, 5) is 23.0. The number of thiophene rings is 1. The second-order valence-corrected chi connectivity index (χ2v) is 7.76. The van der Waals surface area contributed by atoms with Gasteiger partial charge in [-0.1, -0.05) is 30.2 Å². The SMILES string of the molecule is C#CCOCC(O)CN(CC=C)Cc1nc2scc(-c3ccccc3OC)c2c(=O)[nH]1. The molecule has 0 saturated heterocycles. The third kappa shape index (κ3) is 5.60. The van der Waals surface area contributed by atoms with E-state index >= 15 is 0 Å². The summed E-state index contributed by atoms with van der Waals surface area (Å²) in [6.45, 7) is 5.24. The molecule has 0 aliphatic heterocycles. The van der Waals surface area contributed by atoms with E-state index in [2.05, 4.69) is 22.5 Å². The van der Waals surface area contributed by atoms with Gasteiger partial charge in [-0.2, -0.15) is 0 Å². The number of terminal acetylenes is 1. The van der Waals surface area contributed by atoms with Crippen molar-refractivity contribution in [1.29, 1.82) is 0 Å². The number of aromatic nitrogens is 2. The van der Waals surface area contributed by atoms with E-state index in [-0.39, 0.29) is 18.8 Å². The summed E-state index contributed by atoms with van der Waals surface area (Å²) in [5.74, 6) is 3.58. The van der Waals surface area contributed by atoms with Crippen molar-refractivity contribution < 1.29 is 14.6 Å². The normalized spacial score (nSPS) is 12.1. The minimum atomic E-state index is -0.720. The zero-order valence-electron chi connectivity index (χ0n) is 17.3. The molecule has 1 aromatic carbocycles. The van der Waals surface area contributed by atoms with E-state index in [0.29, 0.717) is 41.4 Å². The highest BCUT2D eigenvalue weighted by Crippen LogP contribution is 2.36. The molecule has 2 N–H and O–H groups in total. The van der Waals surface area contributed by atoms with Gasteiger partial charge in [0.05, 0.1) is 31.8 Å². The molecule has 0 saturated carbocycles. The first-order valence-corrected chi connectivity index (χ1v) is 10.6. The molecular weight excluding hydrogens is 414 g/mol. The lowest BCUT2D eigenvalue weighted by Gasteiger charge is -2.23. The maximum Gasteiger partial charge on any atom is 0.260 e. The molecule has 2 aromatic heterocycles. The van der Waals surface area contributed by atoms with E-state index in [1.54, 1.807) is 13.2 Å². The van der Waals surface area contributed by atoms with Gasteiger partial charge in [-0.05, 0) is 6.07 Å². The lowest BCUT2D eigenvalue weighted by atomic mass is 10.1. The van der Waals surface area contributed by atoms with Crippen molar-refractivity contribution >= 4 is 21.6 Å². The number of aliphatic hydroxyl groups is 1. The summed E-state index contributed by atoms with van der Waals surface area (Å²) in [6, 6.07) is 7.57. The zero-order chi connectivity index (χ0) is 22.2. The molecule has 0 bridgehead atoms. The molecule has 162 valence electrons. The van der Waals surface area contributed by atoms with Crippen LogP contribution in [0.3, 0.4) is 0 Å². The van der Waals surface area contributed by atoms with Gasteiger partial charge in [0.2, 0.25) is 0 Å². The van der Waals surface area contributed by atoms with Crippen molar-refractivity contribution in [3.63, 3.8) is 0 Å². The summed E-state index contributed by atoms with van der Waals surface area (Å²) >= 11 is 1.41. The predicted octanol–water partition coefficient (Wildman–Crippen LogP) is 2.66. The number of benzene rings is 1. The van der Waals surface area contributed by atoms with Crippen LogP contribution in [0.5, 0.6) is 5.75 Å². The lowest BCUT2D eigenvalue weighted by molar-refractivity contribution is 0.0281. The third-order valence-electron chi connectivity index (χ3n) is 4.62. The molecule has 2 heterocycles. The minimum absolute atomic E-state index is 0.133. The number of aliphatic hydroxyl groups excluding tert-OH is 1. The van der Waals surface area contributed by atoms with Crippen molar-refractivity contribution in [3.05, 3.63) is 58.5 Å². The topological polar surface area (TPSA) is 87.7 Å². The van der Waals surface area contributed by atoms with Crippen LogP contribution in [-0.4, -0.2) is 59.5 Å². The van der Waals surface area contributed by atoms with Gasteiger partial charge in [0.25, 0.3) is 5.56 Å². The number of para-hydroxylation sites is 1. The van der Waals surface area contributed by atoms with Crippen LogP contribution in [0.1, 0.15) is 5.82 Å². The molecule has 31 heavy (non-hydrogen) atoms. The van der Waals surface area contributed by atoms with Crippen molar-refractivity contribution in [3.8, 4) is 29.2 Å². The second kappa shape index (κ2) is 10.9. The maximum absolute atomic E-state index is 12.9. The lowest BCUT2D eigenvalue weighted by Crippen LogP contribution is -2.35. The van der Waals surface area contributed by atoms with Crippen LogP contribution in [0.4, 0.5) is 0 Å². The van der Waals surface area contributed by atoms with E-state index in [4.69, 9.17) is 15.9 Å². The fourth-order valence-corrected chi connectivity index (χ4v) is 4.29. The summed E-state index contributed by atoms with van der Waals surface area (Å²) in [7, 11) is 1.61. The van der Waals surface area contributed by atoms with Gasteiger partial charge in [0, 0.05) is 29.6 Å². The van der Waals surface area contributed by atoms with Crippen molar-refractivity contribution in [2.75, 3.05) is 33.4 Å². The molecule has 3 aromatic rings. The van der Waals surface area contributed by atoms with Crippen molar-refractivity contribution in [1.82, 2.24) is 14.9 Å². The average Bonchev–Trinajstić information content (AvgIpc) is 3.18. The summed E-state index contributed by atoms with van der Waals surface area (Å²) in [6.07, 6.45) is 6.17. The number of nitrogens with zero attached hydrogens (tertiary/aromatic N) is 2. The molecular formula is C23H25N3O4S. The molecule has 1 unspecified atom stereocenters. The van der Waals surface area contributed by atoms with Gasteiger partial charge < -0.3 is 19.6 Å². The number of hydrogen-bond acceptors (Lipinski definition) is 7. The Labute approximate surface area is 185 Å². The Morgan fingerprint density at radius 1 is 1.42 bits per heavy atom. The quantitative estimate of drug-likeness (QED) is 0.271. The van der Waals surface area contributed by atoms with Gasteiger partial charge in [-0.25, -0.2) is 4.98 Å². The number of nitrogens with one attached hydrogen (secondary N) is 1. The molecule has 3 rings (SSSR count). The Morgan fingerprint density at radius 2 is 2.23 bits per heavy atom. The number of hydrogen-bond donors (Lipinski definition) is 2. The van der Waals surface area contributed by atoms with Gasteiger partial charge >= 0.3 is 0 Å². The Hall–Kier alpha value is -2.96.